The molecule has 0 radical (unpaired) electrons. The number of hydrogen-bond donors (Lipinski definition) is 1. The molecule has 3 atom stereocenters. The second-order valence-electron chi connectivity index (χ2n) is 5.27. The van der Waals surface area contributed by atoms with Crippen LogP contribution in [0, 0.1) is 5.92 Å². The summed E-state index contributed by atoms with van der Waals surface area (Å²) in [4.78, 5) is 0. The SMILES string of the molecule is CCC(C)n1ccc(CC(NC)C2CCOC2)n1. The van der Waals surface area contributed by atoms with E-state index in [1.54, 1.807) is 0 Å². The monoisotopic (exact) mass is 251 g/mol. The van der Waals surface area contributed by atoms with Gasteiger partial charge in [0.25, 0.3) is 0 Å². The maximum Gasteiger partial charge on any atom is 0.0640 e. The molecule has 1 fully saturated rings. The van der Waals surface area contributed by atoms with Gasteiger partial charge in [0.2, 0.25) is 0 Å². The van der Waals surface area contributed by atoms with Gasteiger partial charge in [0, 0.05) is 37.2 Å². The molecule has 102 valence electrons. The molecule has 0 amide bonds. The quantitative estimate of drug-likeness (QED) is 0.840. The van der Waals surface area contributed by atoms with Gasteiger partial charge in [-0.1, -0.05) is 6.92 Å². The second-order valence-corrected chi connectivity index (χ2v) is 5.27. The fourth-order valence-corrected chi connectivity index (χ4v) is 2.52. The van der Waals surface area contributed by atoms with Crippen molar-refractivity contribution in [3.63, 3.8) is 0 Å². The minimum absolute atomic E-state index is 0.479. The van der Waals surface area contributed by atoms with E-state index in [1.807, 2.05) is 7.05 Å². The Morgan fingerprint density at radius 3 is 3.06 bits per heavy atom. The Morgan fingerprint density at radius 1 is 1.61 bits per heavy atom. The molecule has 4 heteroatoms. The summed E-state index contributed by atoms with van der Waals surface area (Å²) in [6.07, 6.45) is 5.37. The molecule has 0 aromatic carbocycles. The summed E-state index contributed by atoms with van der Waals surface area (Å²) in [5.41, 5.74) is 1.18. The molecule has 0 bridgehead atoms. The molecule has 1 aromatic rings. The van der Waals surface area contributed by atoms with Gasteiger partial charge in [0.15, 0.2) is 0 Å². The van der Waals surface area contributed by atoms with E-state index in [0.717, 1.165) is 32.5 Å². The Hall–Kier alpha value is -0.870. The van der Waals surface area contributed by atoms with Gasteiger partial charge >= 0.3 is 0 Å². The summed E-state index contributed by atoms with van der Waals surface area (Å²) in [7, 11) is 2.04. The Kier molecular flexibility index (Phi) is 4.78. The van der Waals surface area contributed by atoms with Crippen LogP contribution in [0.2, 0.25) is 0 Å². The standard InChI is InChI=1S/C14H25N3O/c1-4-11(2)17-7-5-13(16-17)9-14(15-3)12-6-8-18-10-12/h5,7,11-12,14-15H,4,6,8-10H2,1-3H3. The van der Waals surface area contributed by atoms with E-state index in [4.69, 9.17) is 4.74 Å². The number of likely N-dealkylation sites (N-methyl/N-ethyl adjacent to an activating group) is 1. The van der Waals surface area contributed by atoms with Crippen molar-refractivity contribution in [1.82, 2.24) is 15.1 Å². The van der Waals surface area contributed by atoms with E-state index >= 15 is 0 Å². The Labute approximate surface area is 110 Å². The minimum Gasteiger partial charge on any atom is -0.381 e. The van der Waals surface area contributed by atoms with Crippen LogP contribution in [-0.4, -0.2) is 36.1 Å². The zero-order chi connectivity index (χ0) is 13.0. The molecule has 1 aromatic heterocycles. The van der Waals surface area contributed by atoms with E-state index in [0.29, 0.717) is 18.0 Å². The maximum absolute atomic E-state index is 5.47. The zero-order valence-corrected chi connectivity index (χ0v) is 11.7. The molecule has 2 heterocycles. The van der Waals surface area contributed by atoms with Crippen molar-refractivity contribution in [2.24, 2.45) is 5.92 Å². The van der Waals surface area contributed by atoms with Crippen LogP contribution in [0.3, 0.4) is 0 Å². The lowest BCUT2D eigenvalue weighted by atomic mass is 9.95. The third-order valence-corrected chi connectivity index (χ3v) is 4.04. The Morgan fingerprint density at radius 2 is 2.44 bits per heavy atom. The number of ether oxygens (including phenoxy) is 1. The minimum atomic E-state index is 0.479. The van der Waals surface area contributed by atoms with Gasteiger partial charge in [-0.05, 0) is 32.9 Å². The first kappa shape index (κ1) is 13.6. The fraction of sp³-hybridized carbons (Fsp3) is 0.786. The highest BCUT2D eigenvalue weighted by atomic mass is 16.5. The normalized spacial score (nSPS) is 23.2. The average Bonchev–Trinajstić information content (AvgIpc) is 3.05. The van der Waals surface area contributed by atoms with Crippen molar-refractivity contribution >= 4 is 0 Å². The number of aromatic nitrogens is 2. The van der Waals surface area contributed by atoms with E-state index in [2.05, 4.69) is 41.2 Å². The topological polar surface area (TPSA) is 39.1 Å². The average molecular weight is 251 g/mol. The van der Waals surface area contributed by atoms with Crippen LogP contribution in [0.4, 0.5) is 0 Å². The highest BCUT2D eigenvalue weighted by molar-refractivity contribution is 5.03. The van der Waals surface area contributed by atoms with Gasteiger partial charge in [-0.2, -0.15) is 5.10 Å². The van der Waals surface area contributed by atoms with Crippen LogP contribution in [0.1, 0.15) is 38.4 Å². The molecular formula is C14H25N3O. The predicted octanol–water partition coefficient (Wildman–Crippen LogP) is 2.02. The van der Waals surface area contributed by atoms with E-state index < -0.39 is 0 Å². The highest BCUT2D eigenvalue weighted by Crippen LogP contribution is 2.19. The Bertz CT molecular complexity index is 358. The molecule has 18 heavy (non-hydrogen) atoms. The van der Waals surface area contributed by atoms with Crippen LogP contribution in [0.15, 0.2) is 12.3 Å². The molecule has 4 nitrogen and oxygen atoms in total. The van der Waals surface area contributed by atoms with Gasteiger partial charge in [0.05, 0.1) is 12.3 Å². The van der Waals surface area contributed by atoms with Gasteiger partial charge in [-0.25, -0.2) is 0 Å². The Balaban J connectivity index is 1.96. The van der Waals surface area contributed by atoms with E-state index in [1.165, 1.54) is 5.69 Å². The molecule has 3 unspecified atom stereocenters. The molecule has 1 aliphatic heterocycles. The first-order valence-corrected chi connectivity index (χ1v) is 7.03. The van der Waals surface area contributed by atoms with Crippen LogP contribution in [0.5, 0.6) is 0 Å². The van der Waals surface area contributed by atoms with E-state index in [-0.39, 0.29) is 0 Å². The molecule has 1 aliphatic rings. The predicted molar refractivity (Wildman–Crippen MR) is 72.7 cm³/mol. The molecule has 1 N–H and O–H groups in total. The molecule has 0 saturated carbocycles. The number of rotatable bonds is 6. The summed E-state index contributed by atoms with van der Waals surface area (Å²) in [6.45, 7) is 6.19. The van der Waals surface area contributed by atoms with Crippen LogP contribution < -0.4 is 5.32 Å². The van der Waals surface area contributed by atoms with Gasteiger partial charge in [0.1, 0.15) is 0 Å². The largest absolute Gasteiger partial charge is 0.381 e. The molecule has 0 spiro atoms. The smallest absolute Gasteiger partial charge is 0.0640 e. The van der Waals surface area contributed by atoms with Gasteiger partial charge in [-0.15, -0.1) is 0 Å². The summed E-state index contributed by atoms with van der Waals surface area (Å²) in [5, 5.41) is 8.09. The molecule has 0 aliphatic carbocycles. The molecule has 1 saturated heterocycles. The second kappa shape index (κ2) is 6.34. The summed E-state index contributed by atoms with van der Waals surface area (Å²) < 4.78 is 7.55. The lowest BCUT2D eigenvalue weighted by molar-refractivity contribution is 0.177. The van der Waals surface area contributed by atoms with E-state index in [9.17, 15) is 0 Å². The molecule has 2 rings (SSSR count). The van der Waals surface area contributed by atoms with Crippen LogP contribution >= 0.6 is 0 Å². The van der Waals surface area contributed by atoms with Crippen molar-refractivity contribution in [1.29, 1.82) is 0 Å². The number of nitrogens with zero attached hydrogens (tertiary/aromatic N) is 2. The molecular weight excluding hydrogens is 226 g/mol. The lowest BCUT2D eigenvalue weighted by Gasteiger charge is -2.20. The lowest BCUT2D eigenvalue weighted by Crippen LogP contribution is -2.36. The van der Waals surface area contributed by atoms with Crippen molar-refractivity contribution in [3.05, 3.63) is 18.0 Å². The van der Waals surface area contributed by atoms with Crippen LogP contribution in [-0.2, 0) is 11.2 Å². The summed E-state index contributed by atoms with van der Waals surface area (Å²) in [5.74, 6) is 0.628. The zero-order valence-electron chi connectivity index (χ0n) is 11.7. The van der Waals surface area contributed by atoms with Crippen LogP contribution in [0.25, 0.3) is 0 Å². The fourth-order valence-electron chi connectivity index (χ4n) is 2.52. The summed E-state index contributed by atoms with van der Waals surface area (Å²) >= 11 is 0. The van der Waals surface area contributed by atoms with Crippen molar-refractivity contribution in [3.8, 4) is 0 Å². The number of nitrogens with one attached hydrogen (secondary N) is 1. The summed E-state index contributed by atoms with van der Waals surface area (Å²) in [6, 6.07) is 3.11. The van der Waals surface area contributed by atoms with Crippen molar-refractivity contribution in [2.45, 2.75) is 45.2 Å². The van der Waals surface area contributed by atoms with Gasteiger partial charge in [-0.3, -0.25) is 4.68 Å². The highest BCUT2D eigenvalue weighted by Gasteiger charge is 2.25. The number of hydrogen-bond acceptors (Lipinski definition) is 3. The first-order chi connectivity index (χ1) is 8.74. The third-order valence-electron chi connectivity index (χ3n) is 4.04. The van der Waals surface area contributed by atoms with Crippen molar-refractivity contribution < 1.29 is 4.74 Å². The van der Waals surface area contributed by atoms with Gasteiger partial charge < -0.3 is 10.1 Å². The first-order valence-electron chi connectivity index (χ1n) is 7.03. The maximum atomic E-state index is 5.47. The third kappa shape index (κ3) is 3.12. The van der Waals surface area contributed by atoms with Crippen molar-refractivity contribution in [2.75, 3.05) is 20.3 Å².